The fourth-order valence-corrected chi connectivity index (χ4v) is 2.01. The third kappa shape index (κ3) is 2.81. The molecule has 0 fully saturated rings. The Bertz CT molecular complexity index is 599. The van der Waals surface area contributed by atoms with Gasteiger partial charge in [-0.05, 0) is 24.3 Å². The lowest BCUT2D eigenvalue weighted by atomic mass is 10.1. The molecule has 92 valence electrons. The Balaban J connectivity index is 2.56. The standard InChI is InChI=1S/C13H10Cl2N2O/c1-8(18)17-13-7-16-5-4-10(13)11-6-9(14)2-3-12(11)15/h2-7H,1H3,(H,17,18). The van der Waals surface area contributed by atoms with Crippen LogP contribution in [0.3, 0.4) is 0 Å². The highest BCUT2D eigenvalue weighted by Crippen LogP contribution is 2.34. The van der Waals surface area contributed by atoms with E-state index in [-0.39, 0.29) is 5.91 Å². The summed E-state index contributed by atoms with van der Waals surface area (Å²) in [6.45, 7) is 1.44. The molecule has 0 atom stereocenters. The van der Waals surface area contributed by atoms with Gasteiger partial charge < -0.3 is 5.32 Å². The van der Waals surface area contributed by atoms with Gasteiger partial charge in [-0.1, -0.05) is 23.2 Å². The zero-order valence-electron chi connectivity index (χ0n) is 9.58. The Morgan fingerprint density at radius 3 is 2.72 bits per heavy atom. The van der Waals surface area contributed by atoms with E-state index in [1.807, 2.05) is 0 Å². The van der Waals surface area contributed by atoms with E-state index in [9.17, 15) is 4.79 Å². The van der Waals surface area contributed by atoms with Crippen LogP contribution in [-0.2, 0) is 4.79 Å². The minimum Gasteiger partial charge on any atom is -0.324 e. The van der Waals surface area contributed by atoms with Gasteiger partial charge in [-0.25, -0.2) is 0 Å². The van der Waals surface area contributed by atoms with Crippen LogP contribution < -0.4 is 5.32 Å². The molecular formula is C13H10Cl2N2O. The molecule has 0 spiro atoms. The number of hydrogen-bond acceptors (Lipinski definition) is 2. The largest absolute Gasteiger partial charge is 0.324 e. The molecule has 0 saturated heterocycles. The van der Waals surface area contributed by atoms with E-state index >= 15 is 0 Å². The van der Waals surface area contributed by atoms with Crippen LogP contribution in [0.25, 0.3) is 11.1 Å². The molecule has 0 radical (unpaired) electrons. The van der Waals surface area contributed by atoms with Crippen LogP contribution in [0.5, 0.6) is 0 Å². The van der Waals surface area contributed by atoms with Crippen LogP contribution >= 0.6 is 23.2 Å². The minimum absolute atomic E-state index is 0.164. The maximum absolute atomic E-state index is 11.2. The van der Waals surface area contributed by atoms with Gasteiger partial charge in [0.15, 0.2) is 0 Å². The van der Waals surface area contributed by atoms with Crippen LogP contribution in [0.1, 0.15) is 6.92 Å². The Labute approximate surface area is 115 Å². The second-order valence-corrected chi connectivity index (χ2v) is 4.57. The first-order chi connectivity index (χ1) is 8.58. The summed E-state index contributed by atoms with van der Waals surface area (Å²) >= 11 is 12.1. The summed E-state index contributed by atoms with van der Waals surface area (Å²) in [5, 5.41) is 3.87. The molecule has 0 unspecified atom stereocenters. The van der Waals surface area contributed by atoms with Gasteiger partial charge in [-0.3, -0.25) is 9.78 Å². The van der Waals surface area contributed by atoms with Gasteiger partial charge in [0.25, 0.3) is 0 Å². The van der Waals surface area contributed by atoms with Crippen molar-refractivity contribution in [1.82, 2.24) is 4.98 Å². The first kappa shape index (κ1) is 12.9. The molecule has 0 aliphatic carbocycles. The molecule has 1 aromatic carbocycles. The first-order valence-corrected chi connectivity index (χ1v) is 6.00. The number of benzene rings is 1. The molecule has 0 saturated carbocycles. The van der Waals surface area contributed by atoms with E-state index in [0.717, 1.165) is 11.1 Å². The molecule has 0 bridgehead atoms. The third-order valence-electron chi connectivity index (χ3n) is 2.35. The lowest BCUT2D eigenvalue weighted by Gasteiger charge is -2.11. The molecule has 1 heterocycles. The van der Waals surface area contributed by atoms with Gasteiger partial charge in [0, 0.05) is 34.3 Å². The number of pyridine rings is 1. The van der Waals surface area contributed by atoms with Gasteiger partial charge in [0.1, 0.15) is 0 Å². The van der Waals surface area contributed by atoms with E-state index in [0.29, 0.717) is 15.7 Å². The second-order valence-electron chi connectivity index (χ2n) is 3.73. The summed E-state index contributed by atoms with van der Waals surface area (Å²) in [7, 11) is 0. The Hall–Kier alpha value is -1.58. The minimum atomic E-state index is -0.164. The topological polar surface area (TPSA) is 42.0 Å². The van der Waals surface area contributed by atoms with E-state index in [2.05, 4.69) is 10.3 Å². The number of hydrogen-bond donors (Lipinski definition) is 1. The molecule has 2 rings (SSSR count). The predicted octanol–water partition coefficient (Wildman–Crippen LogP) is 4.01. The molecule has 1 amide bonds. The highest BCUT2D eigenvalue weighted by atomic mass is 35.5. The molecule has 0 aliphatic rings. The summed E-state index contributed by atoms with van der Waals surface area (Å²) in [6.07, 6.45) is 3.21. The number of carbonyl (C=O) groups is 1. The SMILES string of the molecule is CC(=O)Nc1cnccc1-c1cc(Cl)ccc1Cl. The Morgan fingerprint density at radius 2 is 2.00 bits per heavy atom. The average molecular weight is 281 g/mol. The van der Waals surface area contributed by atoms with Crippen LogP contribution in [-0.4, -0.2) is 10.9 Å². The summed E-state index contributed by atoms with van der Waals surface area (Å²) in [5.41, 5.74) is 2.15. The zero-order chi connectivity index (χ0) is 13.1. The normalized spacial score (nSPS) is 10.2. The second kappa shape index (κ2) is 5.38. The Morgan fingerprint density at radius 1 is 1.22 bits per heavy atom. The number of halogens is 2. The molecule has 3 nitrogen and oxygen atoms in total. The fourth-order valence-electron chi connectivity index (χ4n) is 1.62. The molecule has 18 heavy (non-hydrogen) atoms. The number of amides is 1. The van der Waals surface area contributed by atoms with Crippen molar-refractivity contribution in [3.8, 4) is 11.1 Å². The number of anilines is 1. The third-order valence-corrected chi connectivity index (χ3v) is 2.92. The number of rotatable bonds is 2. The smallest absolute Gasteiger partial charge is 0.221 e. The highest BCUT2D eigenvalue weighted by Gasteiger charge is 2.10. The van der Waals surface area contributed by atoms with Crippen molar-refractivity contribution in [2.75, 3.05) is 5.32 Å². The van der Waals surface area contributed by atoms with Crippen molar-refractivity contribution in [2.24, 2.45) is 0 Å². The summed E-state index contributed by atoms with van der Waals surface area (Å²) in [4.78, 5) is 15.1. The quantitative estimate of drug-likeness (QED) is 0.903. The van der Waals surface area contributed by atoms with Crippen molar-refractivity contribution in [3.05, 3.63) is 46.7 Å². The molecule has 5 heteroatoms. The van der Waals surface area contributed by atoms with Crippen molar-refractivity contribution in [2.45, 2.75) is 6.92 Å². The lowest BCUT2D eigenvalue weighted by Crippen LogP contribution is -2.07. The number of aromatic nitrogens is 1. The van der Waals surface area contributed by atoms with Crippen LogP contribution in [0.2, 0.25) is 10.0 Å². The van der Waals surface area contributed by atoms with E-state index in [1.165, 1.54) is 6.92 Å². The van der Waals surface area contributed by atoms with E-state index < -0.39 is 0 Å². The fraction of sp³-hybridized carbons (Fsp3) is 0.0769. The molecule has 0 aliphatic heterocycles. The highest BCUT2D eigenvalue weighted by molar-refractivity contribution is 6.35. The van der Waals surface area contributed by atoms with Crippen LogP contribution in [0.15, 0.2) is 36.7 Å². The monoisotopic (exact) mass is 280 g/mol. The van der Waals surface area contributed by atoms with Crippen LogP contribution in [0, 0.1) is 0 Å². The molecule has 1 aromatic heterocycles. The summed E-state index contributed by atoms with van der Waals surface area (Å²) in [5.74, 6) is -0.164. The summed E-state index contributed by atoms with van der Waals surface area (Å²) < 4.78 is 0. The van der Waals surface area contributed by atoms with Gasteiger partial charge in [0.05, 0.1) is 11.9 Å². The van der Waals surface area contributed by atoms with Gasteiger partial charge in [-0.2, -0.15) is 0 Å². The first-order valence-electron chi connectivity index (χ1n) is 5.25. The molecule has 2 aromatic rings. The van der Waals surface area contributed by atoms with Crippen molar-refractivity contribution in [1.29, 1.82) is 0 Å². The van der Waals surface area contributed by atoms with Crippen molar-refractivity contribution >= 4 is 34.8 Å². The predicted molar refractivity (Wildman–Crippen MR) is 74.0 cm³/mol. The Kier molecular flexibility index (Phi) is 3.84. The van der Waals surface area contributed by atoms with Crippen molar-refractivity contribution < 1.29 is 4.79 Å². The van der Waals surface area contributed by atoms with Gasteiger partial charge in [0.2, 0.25) is 5.91 Å². The maximum Gasteiger partial charge on any atom is 0.221 e. The lowest BCUT2D eigenvalue weighted by molar-refractivity contribution is -0.114. The summed E-state index contributed by atoms with van der Waals surface area (Å²) in [6, 6.07) is 6.97. The van der Waals surface area contributed by atoms with E-state index in [1.54, 1.807) is 36.7 Å². The van der Waals surface area contributed by atoms with Gasteiger partial charge in [-0.15, -0.1) is 0 Å². The average Bonchev–Trinajstić information content (AvgIpc) is 2.32. The van der Waals surface area contributed by atoms with Crippen molar-refractivity contribution in [3.63, 3.8) is 0 Å². The molecular weight excluding hydrogens is 271 g/mol. The number of carbonyl (C=O) groups excluding carboxylic acids is 1. The zero-order valence-corrected chi connectivity index (χ0v) is 11.1. The number of nitrogens with zero attached hydrogens (tertiary/aromatic N) is 1. The number of nitrogens with one attached hydrogen (secondary N) is 1. The van der Waals surface area contributed by atoms with E-state index in [4.69, 9.17) is 23.2 Å². The maximum atomic E-state index is 11.2. The van der Waals surface area contributed by atoms with Gasteiger partial charge >= 0.3 is 0 Å². The van der Waals surface area contributed by atoms with Crippen LogP contribution in [0.4, 0.5) is 5.69 Å². The molecule has 1 N–H and O–H groups in total.